The number of carboxylic acid groups (broad SMARTS) is 4. The minimum absolute atomic E-state index is 0.00238. The maximum Gasteiger partial charge on any atom is 0.308 e. The van der Waals surface area contributed by atoms with Crippen LogP contribution in [0.3, 0.4) is 0 Å². The number of carbonyl (C=O) groups is 17. The van der Waals surface area contributed by atoms with Crippen LogP contribution in [0.15, 0.2) is 0 Å². The average molecular weight is 1420 g/mol. The summed E-state index contributed by atoms with van der Waals surface area (Å²) >= 11 is 0. The maximum atomic E-state index is 15.3. The number of nitrogens with one attached hydrogen (secondary N) is 11. The van der Waals surface area contributed by atoms with Crippen LogP contribution in [-0.4, -0.2) is 230 Å². The Morgan fingerprint density at radius 2 is 0.990 bits per heavy atom. The Morgan fingerprint density at radius 3 is 1.50 bits per heavy atom. The highest BCUT2D eigenvalue weighted by atomic mass is 16.4. The van der Waals surface area contributed by atoms with Crippen molar-refractivity contribution in [3.8, 4) is 0 Å². The summed E-state index contributed by atoms with van der Waals surface area (Å²) in [7, 11) is 0. The first-order chi connectivity index (χ1) is 47.3. The topological polar surface area (TPSA) is 536 Å². The number of fused-ring (bicyclic) bond motifs is 2. The number of nitrogens with two attached hydrogens (primary N) is 1. The van der Waals surface area contributed by atoms with Gasteiger partial charge in [0.05, 0.1) is 50.9 Å². The van der Waals surface area contributed by atoms with E-state index in [-0.39, 0.29) is 51.6 Å². The minimum atomic E-state index is -2.17. The zero-order valence-electron chi connectivity index (χ0n) is 58.2. The summed E-state index contributed by atoms with van der Waals surface area (Å²) < 4.78 is 0. The fraction of sp³-hybridized carbons (Fsp3) is 0.738. The molecule has 35 heteroatoms. The third kappa shape index (κ3) is 29.8. The molecule has 100 heavy (non-hydrogen) atoms. The Morgan fingerprint density at radius 1 is 0.520 bits per heavy atom. The molecule has 17 N–H and O–H groups in total. The number of carbonyl (C=O) groups excluding carboxylic acids is 13. The van der Waals surface area contributed by atoms with Crippen LogP contribution < -0.4 is 64.2 Å². The molecular weight excluding hydrogens is 1310 g/mol. The second-order valence-corrected chi connectivity index (χ2v) is 26.3. The van der Waals surface area contributed by atoms with E-state index < -0.39 is 218 Å². The normalized spacial score (nSPS) is 23.9. The van der Waals surface area contributed by atoms with Crippen LogP contribution in [0, 0.1) is 11.8 Å². The number of hydrogen-bond acceptors (Lipinski definition) is 18. The van der Waals surface area contributed by atoms with Gasteiger partial charge in [-0.15, -0.1) is 0 Å². The fourth-order valence-electron chi connectivity index (χ4n) is 11.8. The molecule has 562 valence electrons. The third-order valence-electron chi connectivity index (χ3n) is 17.6. The van der Waals surface area contributed by atoms with Gasteiger partial charge in [0.15, 0.2) is 0 Å². The van der Waals surface area contributed by atoms with Crippen molar-refractivity contribution in [2.75, 3.05) is 32.7 Å². The van der Waals surface area contributed by atoms with Crippen LogP contribution in [0.1, 0.15) is 196 Å². The van der Waals surface area contributed by atoms with Gasteiger partial charge in [-0.2, -0.15) is 0 Å². The van der Waals surface area contributed by atoms with Crippen molar-refractivity contribution in [1.29, 1.82) is 0 Å². The average Bonchev–Trinajstić information content (AvgIpc) is 1.18. The Hall–Kier alpha value is -9.05. The van der Waals surface area contributed by atoms with Gasteiger partial charge in [-0.1, -0.05) is 111 Å². The number of rotatable bonds is 31. The highest BCUT2D eigenvalue weighted by Crippen LogP contribution is 2.24. The van der Waals surface area contributed by atoms with Crippen molar-refractivity contribution in [2.45, 2.75) is 262 Å². The number of amides is 13. The molecule has 12 atom stereocenters. The molecule has 0 aliphatic carbocycles. The van der Waals surface area contributed by atoms with Gasteiger partial charge in [-0.25, -0.2) is 0 Å². The number of piperidine rings is 1. The first kappa shape index (κ1) is 85.2. The van der Waals surface area contributed by atoms with E-state index in [1.165, 1.54) is 71.6 Å². The lowest BCUT2D eigenvalue weighted by atomic mass is 9.96. The molecular formula is C65H106N14O21. The van der Waals surface area contributed by atoms with E-state index >= 15 is 4.79 Å². The molecule has 0 aromatic carbocycles. The lowest BCUT2D eigenvalue weighted by Crippen LogP contribution is -2.66. The van der Waals surface area contributed by atoms with E-state index in [1.807, 2.05) is 16.0 Å². The molecule has 0 aromatic rings. The maximum absolute atomic E-state index is 15.3. The van der Waals surface area contributed by atoms with E-state index in [0.717, 1.165) is 48.8 Å². The molecule has 35 nitrogen and oxygen atoms in total. The lowest BCUT2D eigenvalue weighted by molar-refractivity contribution is -0.150. The Kier molecular flexibility index (Phi) is 37.6. The Labute approximate surface area is 581 Å². The van der Waals surface area contributed by atoms with E-state index in [4.69, 9.17) is 5.73 Å². The highest BCUT2D eigenvalue weighted by Gasteiger charge is 2.45. The zero-order valence-corrected chi connectivity index (χ0v) is 58.2. The van der Waals surface area contributed by atoms with Crippen LogP contribution >= 0.6 is 0 Å². The predicted octanol–water partition coefficient (Wildman–Crippen LogP) is -1.97. The van der Waals surface area contributed by atoms with Crippen molar-refractivity contribution in [3.63, 3.8) is 0 Å². The van der Waals surface area contributed by atoms with Crippen LogP contribution in [0.4, 0.5) is 0 Å². The van der Waals surface area contributed by atoms with Crippen molar-refractivity contribution in [2.24, 2.45) is 17.6 Å². The molecule has 13 amide bonds. The SMILES string of the molecule is CCCCCCCCCCCCCCCCCC(=O)NCC(=O)NC(CC(=O)O)C(=O)NC1C(=O)N2CCCCC2C(=O)NC(C(C)C(=O)O)C(=O)NC(CC(=O)O)C(=O)NCC(=O)NC(CC(=O)O)C(=O)NCC(=O)NC(C(C)N)C(=O)NC(C(C)C)C(=O)N2CCCC2C(=O)NC1C. The third-order valence-corrected chi connectivity index (χ3v) is 17.6. The number of aliphatic carboxylic acids is 4. The molecule has 3 aliphatic heterocycles. The Bertz CT molecular complexity index is 2880. The minimum Gasteiger partial charge on any atom is -0.481 e. The first-order valence-corrected chi connectivity index (χ1v) is 34.7. The Balaban J connectivity index is 2.03. The van der Waals surface area contributed by atoms with Gasteiger partial charge < -0.3 is 94.4 Å². The summed E-state index contributed by atoms with van der Waals surface area (Å²) in [6, 6.07) is -18.9. The summed E-state index contributed by atoms with van der Waals surface area (Å²) in [6.45, 7) is 5.73. The lowest BCUT2D eigenvalue weighted by Gasteiger charge is -2.39. The summed E-state index contributed by atoms with van der Waals surface area (Å²) in [5.74, 6) is -23.6. The van der Waals surface area contributed by atoms with Gasteiger partial charge >= 0.3 is 23.9 Å². The quantitative estimate of drug-likeness (QED) is 0.0335. The van der Waals surface area contributed by atoms with Gasteiger partial charge in [0.1, 0.15) is 54.4 Å². The molecule has 3 heterocycles. The zero-order chi connectivity index (χ0) is 74.8. The van der Waals surface area contributed by atoms with E-state index in [0.29, 0.717) is 6.42 Å². The second-order valence-electron chi connectivity index (χ2n) is 26.3. The van der Waals surface area contributed by atoms with Crippen LogP contribution in [-0.2, 0) is 81.5 Å². The van der Waals surface area contributed by atoms with E-state index in [1.54, 1.807) is 13.8 Å². The number of hydrogen-bond donors (Lipinski definition) is 16. The summed E-state index contributed by atoms with van der Waals surface area (Å²) in [5.41, 5.74) is 6.12. The molecule has 3 aliphatic rings. The second kappa shape index (κ2) is 44.2. The molecule has 12 unspecified atom stereocenters. The number of carboxylic acids is 4. The number of unbranched alkanes of at least 4 members (excludes halogenated alkanes) is 14. The van der Waals surface area contributed by atoms with Gasteiger partial charge in [0.25, 0.3) is 0 Å². The van der Waals surface area contributed by atoms with Crippen LogP contribution in [0.5, 0.6) is 0 Å². The molecule has 3 fully saturated rings. The largest absolute Gasteiger partial charge is 0.481 e. The van der Waals surface area contributed by atoms with Crippen LogP contribution in [0.25, 0.3) is 0 Å². The summed E-state index contributed by atoms with van der Waals surface area (Å²) in [5, 5.41) is 64.6. The number of nitrogens with zero attached hydrogens (tertiary/aromatic N) is 2. The highest BCUT2D eigenvalue weighted by molar-refractivity contribution is 6.01. The van der Waals surface area contributed by atoms with Crippen molar-refractivity contribution < 1.29 is 102 Å². The van der Waals surface area contributed by atoms with Gasteiger partial charge in [0, 0.05) is 25.6 Å². The van der Waals surface area contributed by atoms with Gasteiger partial charge in [-0.05, 0) is 65.2 Å². The van der Waals surface area contributed by atoms with Crippen molar-refractivity contribution >= 4 is 101 Å². The fourth-order valence-corrected chi connectivity index (χ4v) is 11.8. The van der Waals surface area contributed by atoms with Crippen LogP contribution in [0.2, 0.25) is 0 Å². The molecule has 0 aromatic heterocycles. The first-order valence-electron chi connectivity index (χ1n) is 34.7. The molecule has 0 bridgehead atoms. The molecule has 0 radical (unpaired) electrons. The van der Waals surface area contributed by atoms with Gasteiger partial charge in [-0.3, -0.25) is 81.5 Å². The molecule has 0 saturated carbocycles. The monoisotopic (exact) mass is 1420 g/mol. The van der Waals surface area contributed by atoms with E-state index in [9.17, 15) is 97.1 Å². The molecule has 3 saturated heterocycles. The smallest absolute Gasteiger partial charge is 0.308 e. The van der Waals surface area contributed by atoms with Crippen molar-refractivity contribution in [1.82, 2.24) is 68.3 Å². The summed E-state index contributed by atoms with van der Waals surface area (Å²) in [6.07, 6.45) is 13.8. The van der Waals surface area contributed by atoms with Gasteiger partial charge in [0.2, 0.25) is 76.8 Å². The van der Waals surface area contributed by atoms with Crippen molar-refractivity contribution in [3.05, 3.63) is 0 Å². The standard InChI is InChI=1S/C65H106N14O21/c1-7-8-9-10-11-12-13-14-15-16-17-18-19-20-21-27-45(80)67-33-46(81)72-42(32-51(88)89)58(92)77-55-39(6)70-59(93)44-26-24-29-79(44)63(97)52(36(2)3)75-62(96)54(38(5)66)74-48(83)35-69-56(90)40(30-49(84)85)71-47(82)34-68-57(91)41(31-50(86)87)73-61(95)53(37(4)65(99)100)76-60(94)43-25-22-23-28-78(43)64(55)98/h36-44,52-55H,7-35,66H2,1-6H3,(H,67,80)(H,68,91)(H,69,90)(H,70,93)(H,71,82)(H,72,81)(H,73,95)(H,74,83)(H,75,96)(H,76,94)(H,77,92)(H,84,85)(H,86,87)(H,88,89)(H,99,100). The molecule has 3 rings (SSSR count). The van der Waals surface area contributed by atoms with E-state index in [2.05, 4.69) is 49.5 Å². The predicted molar refractivity (Wildman–Crippen MR) is 356 cm³/mol. The summed E-state index contributed by atoms with van der Waals surface area (Å²) in [4.78, 5) is 232. The molecule has 0 spiro atoms.